The largest absolute Gasteiger partial charge is 0.309 e. The molecule has 0 aliphatic carbocycles. The molecule has 1 heterocycles. The van der Waals surface area contributed by atoms with Crippen molar-refractivity contribution in [2.75, 3.05) is 32.1 Å². The van der Waals surface area contributed by atoms with Gasteiger partial charge in [0.05, 0.1) is 16.6 Å². The molecular formula is C26H29N3OS. The number of hydrogen-bond donors (Lipinski definition) is 0. The first-order chi connectivity index (χ1) is 14.9. The molecule has 1 aromatic heterocycles. The summed E-state index contributed by atoms with van der Waals surface area (Å²) in [5.41, 5.74) is 4.46. The van der Waals surface area contributed by atoms with Crippen LogP contribution in [0, 0.1) is 13.8 Å². The fourth-order valence-corrected chi connectivity index (χ4v) is 5.12. The number of nitrogens with zero attached hydrogens (tertiary/aromatic N) is 3. The SMILES string of the molecule is Cc1cc(C)c2sc(N(CCCN(C)C)C(=O)Cc3cccc4ccccc34)nc2c1. The number of aryl methyl sites for hydroxylation is 2. The first kappa shape index (κ1) is 21.5. The third kappa shape index (κ3) is 4.78. The number of amides is 1. The molecule has 0 atom stereocenters. The summed E-state index contributed by atoms with van der Waals surface area (Å²) in [6.45, 7) is 5.80. The summed E-state index contributed by atoms with van der Waals surface area (Å²) in [6, 6.07) is 18.7. The Balaban J connectivity index is 1.67. The Hall–Kier alpha value is -2.76. The molecular weight excluding hydrogens is 402 g/mol. The Bertz CT molecular complexity index is 1220. The zero-order chi connectivity index (χ0) is 22.0. The second-order valence-electron chi connectivity index (χ2n) is 8.44. The van der Waals surface area contributed by atoms with Crippen molar-refractivity contribution in [1.29, 1.82) is 0 Å². The van der Waals surface area contributed by atoms with E-state index >= 15 is 0 Å². The molecule has 160 valence electrons. The van der Waals surface area contributed by atoms with E-state index < -0.39 is 0 Å². The van der Waals surface area contributed by atoms with Crippen LogP contribution < -0.4 is 4.90 Å². The van der Waals surface area contributed by atoms with Gasteiger partial charge in [0.1, 0.15) is 0 Å². The molecule has 0 spiro atoms. The van der Waals surface area contributed by atoms with E-state index in [1.165, 1.54) is 11.1 Å². The number of fused-ring (bicyclic) bond motifs is 2. The van der Waals surface area contributed by atoms with Gasteiger partial charge in [-0.2, -0.15) is 0 Å². The number of benzene rings is 3. The van der Waals surface area contributed by atoms with Gasteiger partial charge in [-0.15, -0.1) is 0 Å². The van der Waals surface area contributed by atoms with Crippen LogP contribution in [-0.2, 0) is 11.2 Å². The number of carbonyl (C=O) groups is 1. The van der Waals surface area contributed by atoms with Crippen LogP contribution in [0.2, 0.25) is 0 Å². The minimum Gasteiger partial charge on any atom is -0.309 e. The van der Waals surface area contributed by atoms with Crippen molar-refractivity contribution >= 4 is 43.4 Å². The summed E-state index contributed by atoms with van der Waals surface area (Å²) in [6.07, 6.45) is 1.28. The van der Waals surface area contributed by atoms with Gasteiger partial charge in [0.25, 0.3) is 0 Å². The average Bonchev–Trinajstić information content (AvgIpc) is 3.15. The summed E-state index contributed by atoms with van der Waals surface area (Å²) < 4.78 is 1.16. The van der Waals surface area contributed by atoms with Crippen molar-refractivity contribution in [2.45, 2.75) is 26.7 Å². The standard InChI is InChI=1S/C26H29N3OS/c1-18-15-19(2)25-23(16-18)27-26(31-25)29(14-8-13-28(3)4)24(30)17-21-11-7-10-20-9-5-6-12-22(20)21/h5-7,9-12,15-16H,8,13-14,17H2,1-4H3. The fraction of sp³-hybridized carbons (Fsp3) is 0.308. The molecule has 0 radical (unpaired) electrons. The van der Waals surface area contributed by atoms with Crippen LogP contribution in [-0.4, -0.2) is 43.0 Å². The lowest BCUT2D eigenvalue weighted by Gasteiger charge is -2.21. The number of carbonyl (C=O) groups excluding carboxylic acids is 1. The summed E-state index contributed by atoms with van der Waals surface area (Å²) in [7, 11) is 4.12. The highest BCUT2D eigenvalue weighted by atomic mass is 32.1. The van der Waals surface area contributed by atoms with E-state index in [2.05, 4.69) is 69.2 Å². The molecule has 0 aliphatic heterocycles. The second-order valence-corrected chi connectivity index (χ2v) is 9.42. The van der Waals surface area contributed by atoms with Crippen LogP contribution in [0.1, 0.15) is 23.1 Å². The Morgan fingerprint density at radius 3 is 2.58 bits per heavy atom. The molecule has 0 unspecified atom stereocenters. The molecule has 0 saturated heterocycles. The minimum atomic E-state index is 0.101. The topological polar surface area (TPSA) is 36.4 Å². The van der Waals surface area contributed by atoms with Gasteiger partial charge in [-0.1, -0.05) is 59.9 Å². The van der Waals surface area contributed by atoms with Gasteiger partial charge in [-0.3, -0.25) is 9.69 Å². The van der Waals surface area contributed by atoms with Gasteiger partial charge >= 0.3 is 0 Å². The molecule has 31 heavy (non-hydrogen) atoms. The minimum absolute atomic E-state index is 0.101. The van der Waals surface area contributed by atoms with Crippen molar-refractivity contribution in [3.05, 3.63) is 71.3 Å². The lowest BCUT2D eigenvalue weighted by atomic mass is 10.0. The smallest absolute Gasteiger partial charge is 0.233 e. The third-order valence-corrected chi connectivity index (χ3v) is 6.78. The first-order valence-corrected chi connectivity index (χ1v) is 11.5. The molecule has 0 N–H and O–H groups in total. The molecule has 4 rings (SSSR count). The van der Waals surface area contributed by atoms with E-state index in [0.29, 0.717) is 13.0 Å². The number of hydrogen-bond acceptors (Lipinski definition) is 4. The van der Waals surface area contributed by atoms with Gasteiger partial charge < -0.3 is 4.90 Å². The van der Waals surface area contributed by atoms with Crippen molar-refractivity contribution in [3.63, 3.8) is 0 Å². The first-order valence-electron chi connectivity index (χ1n) is 10.7. The van der Waals surface area contributed by atoms with Crippen molar-refractivity contribution < 1.29 is 4.79 Å². The van der Waals surface area contributed by atoms with Gasteiger partial charge in [0, 0.05) is 6.54 Å². The van der Waals surface area contributed by atoms with Crippen LogP contribution in [0.25, 0.3) is 21.0 Å². The lowest BCUT2D eigenvalue weighted by molar-refractivity contribution is -0.118. The van der Waals surface area contributed by atoms with E-state index in [9.17, 15) is 4.79 Å². The summed E-state index contributed by atoms with van der Waals surface area (Å²) in [5.74, 6) is 0.101. The number of rotatable bonds is 7. The highest BCUT2D eigenvalue weighted by molar-refractivity contribution is 7.22. The summed E-state index contributed by atoms with van der Waals surface area (Å²) in [5, 5.41) is 3.10. The predicted octanol–water partition coefficient (Wildman–Crippen LogP) is 5.59. The molecule has 4 nitrogen and oxygen atoms in total. The Labute approximate surface area is 188 Å². The maximum absolute atomic E-state index is 13.5. The molecule has 0 fully saturated rings. The number of aromatic nitrogens is 1. The van der Waals surface area contributed by atoms with Gasteiger partial charge in [0.2, 0.25) is 5.91 Å². The van der Waals surface area contributed by atoms with Gasteiger partial charge in [0.15, 0.2) is 5.13 Å². The number of thiazole rings is 1. The van der Waals surface area contributed by atoms with Crippen LogP contribution >= 0.6 is 11.3 Å². The van der Waals surface area contributed by atoms with Crippen LogP contribution in [0.3, 0.4) is 0 Å². The van der Waals surface area contributed by atoms with E-state index in [4.69, 9.17) is 4.98 Å². The number of anilines is 1. The van der Waals surface area contributed by atoms with Crippen LogP contribution in [0.15, 0.2) is 54.6 Å². The average molecular weight is 432 g/mol. The normalized spacial score (nSPS) is 11.5. The molecule has 5 heteroatoms. The molecule has 4 aromatic rings. The quantitative estimate of drug-likeness (QED) is 0.382. The highest BCUT2D eigenvalue weighted by Gasteiger charge is 2.21. The van der Waals surface area contributed by atoms with Gasteiger partial charge in [-0.25, -0.2) is 4.98 Å². The Kier molecular flexibility index (Phi) is 6.35. The summed E-state index contributed by atoms with van der Waals surface area (Å²) in [4.78, 5) is 22.5. The van der Waals surface area contributed by atoms with Crippen molar-refractivity contribution in [3.8, 4) is 0 Å². The maximum Gasteiger partial charge on any atom is 0.233 e. The fourth-order valence-electron chi connectivity index (χ4n) is 4.06. The predicted molar refractivity (Wildman–Crippen MR) is 132 cm³/mol. The van der Waals surface area contributed by atoms with E-state index in [1.807, 2.05) is 23.1 Å². The van der Waals surface area contributed by atoms with Crippen molar-refractivity contribution in [1.82, 2.24) is 9.88 Å². The zero-order valence-corrected chi connectivity index (χ0v) is 19.5. The molecule has 0 bridgehead atoms. The van der Waals surface area contributed by atoms with E-state index in [0.717, 1.165) is 44.6 Å². The Morgan fingerprint density at radius 2 is 1.77 bits per heavy atom. The highest BCUT2D eigenvalue weighted by Crippen LogP contribution is 2.33. The molecule has 0 saturated carbocycles. The summed E-state index contributed by atoms with van der Waals surface area (Å²) >= 11 is 1.62. The molecule has 3 aromatic carbocycles. The van der Waals surface area contributed by atoms with E-state index in [-0.39, 0.29) is 5.91 Å². The third-order valence-electron chi connectivity index (χ3n) is 5.55. The maximum atomic E-state index is 13.5. The Morgan fingerprint density at radius 1 is 1.00 bits per heavy atom. The zero-order valence-electron chi connectivity index (χ0n) is 18.7. The van der Waals surface area contributed by atoms with Crippen LogP contribution in [0.4, 0.5) is 5.13 Å². The monoisotopic (exact) mass is 431 g/mol. The van der Waals surface area contributed by atoms with Gasteiger partial charge in [-0.05, 0) is 74.4 Å². The molecule has 0 aliphatic rings. The second kappa shape index (κ2) is 9.16. The van der Waals surface area contributed by atoms with E-state index in [1.54, 1.807) is 11.3 Å². The van der Waals surface area contributed by atoms with Crippen molar-refractivity contribution in [2.24, 2.45) is 0 Å². The van der Waals surface area contributed by atoms with Crippen LogP contribution in [0.5, 0.6) is 0 Å². The molecule has 1 amide bonds. The lowest BCUT2D eigenvalue weighted by Crippen LogP contribution is -2.34.